The Bertz CT molecular complexity index is 658. The molecule has 0 aliphatic carbocycles. The Kier molecular flexibility index (Phi) is 5.42. The molecule has 0 heterocycles. The van der Waals surface area contributed by atoms with Crippen LogP contribution in [-0.2, 0) is 10.1 Å². The van der Waals surface area contributed by atoms with Gasteiger partial charge in [0.2, 0.25) is 0 Å². The summed E-state index contributed by atoms with van der Waals surface area (Å²) in [5.41, 5.74) is 7.46. The SMILES string of the molecule is Cc1ccc(N)cc1.O=Cc1ccccc1S(=O)(=O)O. The van der Waals surface area contributed by atoms with Crippen molar-refractivity contribution in [1.29, 1.82) is 0 Å². The molecular weight excluding hydrogens is 278 g/mol. The summed E-state index contributed by atoms with van der Waals surface area (Å²) in [6, 6.07) is 13.2. The number of carbonyl (C=O) groups is 1. The Morgan fingerprint density at radius 3 is 2.00 bits per heavy atom. The molecule has 0 atom stereocenters. The number of benzene rings is 2. The van der Waals surface area contributed by atoms with Crippen molar-refractivity contribution in [2.24, 2.45) is 0 Å². The number of anilines is 1. The van der Waals surface area contributed by atoms with E-state index in [-0.39, 0.29) is 10.5 Å². The smallest absolute Gasteiger partial charge is 0.295 e. The van der Waals surface area contributed by atoms with Crippen molar-refractivity contribution < 1.29 is 17.8 Å². The Hall–Kier alpha value is -2.18. The number of carbonyl (C=O) groups excluding carboxylic acids is 1. The summed E-state index contributed by atoms with van der Waals surface area (Å²) < 4.78 is 29.8. The summed E-state index contributed by atoms with van der Waals surface area (Å²) in [7, 11) is -4.28. The number of hydrogen-bond acceptors (Lipinski definition) is 4. The van der Waals surface area contributed by atoms with E-state index in [2.05, 4.69) is 0 Å². The molecule has 0 radical (unpaired) electrons. The summed E-state index contributed by atoms with van der Waals surface area (Å²) in [6.45, 7) is 2.04. The van der Waals surface area contributed by atoms with Crippen LogP contribution >= 0.6 is 0 Å². The second kappa shape index (κ2) is 6.83. The van der Waals surface area contributed by atoms with E-state index in [1.165, 1.54) is 29.8 Å². The Morgan fingerprint density at radius 2 is 1.60 bits per heavy atom. The van der Waals surface area contributed by atoms with Crippen molar-refractivity contribution in [3.05, 3.63) is 59.7 Å². The van der Waals surface area contributed by atoms with Crippen LogP contribution in [0.5, 0.6) is 0 Å². The lowest BCUT2D eigenvalue weighted by molar-refractivity contribution is 0.112. The third-order valence-corrected chi connectivity index (χ3v) is 3.33. The lowest BCUT2D eigenvalue weighted by Gasteiger charge is -1.98. The second-order valence-corrected chi connectivity index (χ2v) is 5.43. The monoisotopic (exact) mass is 293 g/mol. The van der Waals surface area contributed by atoms with Crippen molar-refractivity contribution in [3.8, 4) is 0 Å². The van der Waals surface area contributed by atoms with Crippen LogP contribution in [0.2, 0.25) is 0 Å². The fourth-order valence-corrected chi connectivity index (χ4v) is 2.04. The standard InChI is InChI=1S/C7H9N.C7H6O4S/c1-6-2-4-7(8)5-3-6;8-5-6-3-1-2-4-7(6)12(9,10)11/h2-5H,8H2,1H3;1-5H,(H,9,10,11). The van der Waals surface area contributed by atoms with Gasteiger partial charge in [0.25, 0.3) is 10.1 Å². The molecule has 0 bridgehead atoms. The fraction of sp³-hybridized carbons (Fsp3) is 0.0714. The van der Waals surface area contributed by atoms with Crippen molar-refractivity contribution in [2.45, 2.75) is 11.8 Å². The van der Waals surface area contributed by atoms with Gasteiger partial charge in [0.1, 0.15) is 4.90 Å². The van der Waals surface area contributed by atoms with Gasteiger partial charge in [-0.1, -0.05) is 35.9 Å². The van der Waals surface area contributed by atoms with Crippen LogP contribution < -0.4 is 5.73 Å². The number of nitrogens with two attached hydrogens (primary N) is 1. The summed E-state index contributed by atoms with van der Waals surface area (Å²) >= 11 is 0. The first-order valence-corrected chi connectivity index (χ1v) is 7.12. The Morgan fingerprint density at radius 1 is 1.05 bits per heavy atom. The summed E-state index contributed by atoms with van der Waals surface area (Å²) in [6.07, 6.45) is 0.378. The Balaban J connectivity index is 0.000000217. The predicted molar refractivity (Wildman–Crippen MR) is 77.2 cm³/mol. The third-order valence-electron chi connectivity index (χ3n) is 2.40. The molecule has 0 fully saturated rings. The zero-order chi connectivity index (χ0) is 15.2. The zero-order valence-electron chi connectivity index (χ0n) is 10.9. The first-order chi connectivity index (χ1) is 9.34. The molecule has 3 N–H and O–H groups in total. The summed E-state index contributed by atoms with van der Waals surface area (Å²) in [5.74, 6) is 0. The number of aryl methyl sites for hydroxylation is 1. The molecule has 106 valence electrons. The minimum absolute atomic E-state index is 0.0417. The predicted octanol–water partition coefficient (Wildman–Crippen LogP) is 2.32. The van der Waals surface area contributed by atoms with E-state index in [9.17, 15) is 13.2 Å². The molecule has 0 aliphatic rings. The molecule has 0 spiro atoms. The van der Waals surface area contributed by atoms with Gasteiger partial charge >= 0.3 is 0 Å². The topological polar surface area (TPSA) is 97.5 Å². The highest BCUT2D eigenvalue weighted by molar-refractivity contribution is 7.86. The molecule has 0 saturated heterocycles. The minimum atomic E-state index is -4.28. The van der Waals surface area contributed by atoms with E-state index in [1.807, 2.05) is 31.2 Å². The van der Waals surface area contributed by atoms with E-state index in [1.54, 1.807) is 0 Å². The quantitative estimate of drug-likeness (QED) is 0.503. The maximum atomic E-state index is 10.6. The van der Waals surface area contributed by atoms with Gasteiger partial charge in [0, 0.05) is 11.3 Å². The third kappa shape index (κ3) is 4.83. The van der Waals surface area contributed by atoms with E-state index < -0.39 is 10.1 Å². The average Bonchev–Trinajstić information content (AvgIpc) is 2.42. The average molecular weight is 293 g/mol. The van der Waals surface area contributed by atoms with E-state index in [4.69, 9.17) is 10.3 Å². The van der Waals surface area contributed by atoms with Crippen LogP contribution in [0.25, 0.3) is 0 Å². The van der Waals surface area contributed by atoms with Crippen molar-refractivity contribution in [3.63, 3.8) is 0 Å². The lowest BCUT2D eigenvalue weighted by Crippen LogP contribution is -2.01. The van der Waals surface area contributed by atoms with Crippen molar-refractivity contribution in [1.82, 2.24) is 0 Å². The summed E-state index contributed by atoms with van der Waals surface area (Å²) in [5, 5.41) is 0. The van der Waals surface area contributed by atoms with Gasteiger partial charge in [-0.3, -0.25) is 9.35 Å². The van der Waals surface area contributed by atoms with Crippen LogP contribution in [0.1, 0.15) is 15.9 Å². The first kappa shape index (κ1) is 15.9. The molecule has 0 aliphatic heterocycles. The summed E-state index contributed by atoms with van der Waals surface area (Å²) in [4.78, 5) is 9.94. The maximum Gasteiger partial charge on any atom is 0.295 e. The molecule has 6 heteroatoms. The molecule has 0 unspecified atom stereocenters. The molecule has 0 amide bonds. The highest BCUT2D eigenvalue weighted by Gasteiger charge is 2.13. The molecule has 2 aromatic rings. The Labute approximate surface area is 117 Å². The first-order valence-electron chi connectivity index (χ1n) is 5.68. The van der Waals surface area contributed by atoms with Crippen LogP contribution in [0.15, 0.2) is 53.4 Å². The van der Waals surface area contributed by atoms with Crippen LogP contribution in [0, 0.1) is 6.92 Å². The highest BCUT2D eigenvalue weighted by Crippen LogP contribution is 2.12. The lowest BCUT2D eigenvalue weighted by atomic mass is 10.2. The van der Waals surface area contributed by atoms with Gasteiger partial charge in [0.15, 0.2) is 6.29 Å². The van der Waals surface area contributed by atoms with Gasteiger partial charge < -0.3 is 5.73 Å². The number of rotatable bonds is 2. The van der Waals surface area contributed by atoms with E-state index >= 15 is 0 Å². The van der Waals surface area contributed by atoms with Gasteiger partial charge in [-0.05, 0) is 25.1 Å². The van der Waals surface area contributed by atoms with Gasteiger partial charge in [0.05, 0.1) is 0 Å². The molecule has 2 aromatic carbocycles. The molecule has 0 saturated carbocycles. The van der Waals surface area contributed by atoms with Gasteiger partial charge in [-0.2, -0.15) is 8.42 Å². The fourth-order valence-electron chi connectivity index (χ4n) is 1.38. The molecule has 2 rings (SSSR count). The highest BCUT2D eigenvalue weighted by atomic mass is 32.2. The number of aldehydes is 1. The largest absolute Gasteiger partial charge is 0.399 e. The van der Waals surface area contributed by atoms with Crippen LogP contribution in [0.3, 0.4) is 0 Å². The molecule has 20 heavy (non-hydrogen) atoms. The maximum absolute atomic E-state index is 10.6. The number of hydrogen-bond donors (Lipinski definition) is 2. The van der Waals surface area contributed by atoms with Gasteiger partial charge in [-0.25, -0.2) is 0 Å². The second-order valence-electron chi connectivity index (χ2n) is 4.04. The minimum Gasteiger partial charge on any atom is -0.399 e. The zero-order valence-corrected chi connectivity index (χ0v) is 11.7. The van der Waals surface area contributed by atoms with Crippen LogP contribution in [0.4, 0.5) is 5.69 Å². The van der Waals surface area contributed by atoms with E-state index in [0.717, 1.165) is 5.69 Å². The van der Waals surface area contributed by atoms with Crippen LogP contribution in [-0.4, -0.2) is 19.3 Å². The number of nitrogen functional groups attached to an aromatic ring is 1. The van der Waals surface area contributed by atoms with Crippen molar-refractivity contribution >= 4 is 22.1 Å². The molecule has 0 aromatic heterocycles. The van der Waals surface area contributed by atoms with Gasteiger partial charge in [-0.15, -0.1) is 0 Å². The molecular formula is C14H15NO4S. The normalized spacial score (nSPS) is 10.3. The van der Waals surface area contributed by atoms with E-state index in [0.29, 0.717) is 6.29 Å². The van der Waals surface area contributed by atoms with Crippen molar-refractivity contribution in [2.75, 3.05) is 5.73 Å². The molecule has 5 nitrogen and oxygen atoms in total.